The normalized spacial score (nSPS) is 14.2. The van der Waals surface area contributed by atoms with E-state index in [1.165, 1.54) is 12.0 Å². The lowest BCUT2D eigenvalue weighted by molar-refractivity contribution is -0.129. The van der Waals surface area contributed by atoms with Crippen LogP contribution in [0.4, 0.5) is 0 Å². The van der Waals surface area contributed by atoms with Gasteiger partial charge in [0.25, 0.3) is 3.79 Å². The second-order valence-electron chi connectivity index (χ2n) is 8.62. The van der Waals surface area contributed by atoms with E-state index in [9.17, 15) is 4.79 Å². The highest BCUT2D eigenvalue weighted by molar-refractivity contribution is 6.76. The summed E-state index contributed by atoms with van der Waals surface area (Å²) >= 11 is 17.3. The van der Waals surface area contributed by atoms with Crippen LogP contribution < -0.4 is 4.74 Å². The lowest BCUT2D eigenvalue weighted by Crippen LogP contribution is -2.31. The van der Waals surface area contributed by atoms with Crippen molar-refractivity contribution in [2.75, 3.05) is 48.3 Å². The molecule has 0 radical (unpaired) electrons. The number of halogens is 3. The van der Waals surface area contributed by atoms with Gasteiger partial charge in [0.15, 0.2) is 0 Å². The van der Waals surface area contributed by atoms with E-state index >= 15 is 0 Å². The first-order valence-electron chi connectivity index (χ1n) is 11.5. The Kier molecular flexibility index (Phi) is 15.2. The molecule has 0 heterocycles. The number of rotatable bonds is 16. The molecule has 1 rings (SSSR count). The lowest BCUT2D eigenvalue weighted by Gasteiger charge is -2.27. The van der Waals surface area contributed by atoms with Crippen LogP contribution in [0, 0.1) is 17.2 Å². The number of nitrogens with one attached hydrogen (secondary N) is 1. The Labute approximate surface area is 234 Å². The molecule has 1 amide bonds. The fourth-order valence-electron chi connectivity index (χ4n) is 3.25. The fraction of sp³-hybridized carbons (Fsp3) is 0.538. The molecule has 1 aromatic carbocycles. The van der Waals surface area contributed by atoms with Gasteiger partial charge in [-0.05, 0) is 36.6 Å². The van der Waals surface area contributed by atoms with Crippen LogP contribution in [0.5, 0.6) is 5.75 Å². The molecule has 1 aromatic rings. The summed E-state index contributed by atoms with van der Waals surface area (Å²) < 4.78 is 25.0. The molecule has 0 aliphatic heterocycles. The van der Waals surface area contributed by atoms with E-state index < -0.39 is 15.8 Å². The maximum absolute atomic E-state index is 12.7. The number of amides is 1. The molecule has 1 N–H and O–H groups in total. The monoisotopic (exact) mass is 578 g/mol. The number of hydrogen-bond donors (Lipinski definition) is 1. The topological polar surface area (TPSA) is 90.3 Å². The van der Waals surface area contributed by atoms with Crippen LogP contribution in [0.15, 0.2) is 48.6 Å². The quantitative estimate of drug-likeness (QED) is 0.0704. The number of methoxy groups -OCH3 is 2. The standard InChI is InChI=1S/C26H37Cl3N2O6/c1-18(2)23(16-35-14-19-7-10-21(34-6)11-8-19)20(13-24(32)31(3)4)9-12-22(15-36-17-33-5)37-25(30)26(27,28)29/h7-12,20,22-23,30H,1,13-17H2,2-6H3/b12-9+,30-25?/t20-,22-,23+/m0/s1. The van der Waals surface area contributed by atoms with E-state index in [0.717, 1.165) is 16.9 Å². The van der Waals surface area contributed by atoms with Crippen LogP contribution in [0.1, 0.15) is 18.9 Å². The number of carbonyl (C=O) groups is 1. The Morgan fingerprint density at radius 2 is 1.76 bits per heavy atom. The van der Waals surface area contributed by atoms with Gasteiger partial charge in [0, 0.05) is 33.5 Å². The number of carbonyl (C=O) groups excluding carboxylic acids is 1. The molecule has 0 aliphatic rings. The molecule has 208 valence electrons. The molecule has 0 bridgehead atoms. The third-order valence-corrected chi connectivity index (χ3v) is 5.88. The summed E-state index contributed by atoms with van der Waals surface area (Å²) in [6.45, 7) is 6.82. The fourth-order valence-corrected chi connectivity index (χ4v) is 3.38. The van der Waals surface area contributed by atoms with E-state index in [0.29, 0.717) is 13.2 Å². The molecule has 37 heavy (non-hydrogen) atoms. The number of hydrogen-bond acceptors (Lipinski definition) is 7. The smallest absolute Gasteiger partial charge is 0.265 e. The molecule has 0 fully saturated rings. The van der Waals surface area contributed by atoms with Crippen LogP contribution in [-0.2, 0) is 30.3 Å². The summed E-state index contributed by atoms with van der Waals surface area (Å²) in [5, 5.41) is 7.92. The summed E-state index contributed by atoms with van der Waals surface area (Å²) in [7, 11) is 6.50. The first-order valence-corrected chi connectivity index (χ1v) is 12.7. The van der Waals surface area contributed by atoms with Crippen molar-refractivity contribution >= 4 is 46.6 Å². The third-order valence-electron chi connectivity index (χ3n) is 5.37. The van der Waals surface area contributed by atoms with Crippen molar-refractivity contribution in [3.63, 3.8) is 0 Å². The van der Waals surface area contributed by atoms with Crippen molar-refractivity contribution < 1.29 is 28.5 Å². The Morgan fingerprint density at radius 1 is 1.11 bits per heavy atom. The molecule has 3 atom stereocenters. The van der Waals surface area contributed by atoms with Gasteiger partial charge in [0.1, 0.15) is 18.6 Å². The summed E-state index contributed by atoms with van der Waals surface area (Å²) in [5.74, 6) is -0.290. The number of allylic oxidation sites excluding steroid dienone is 1. The van der Waals surface area contributed by atoms with Gasteiger partial charge in [-0.25, -0.2) is 0 Å². The Bertz CT molecular complexity index is 887. The van der Waals surface area contributed by atoms with Crippen LogP contribution in [-0.4, -0.2) is 74.9 Å². The van der Waals surface area contributed by atoms with Crippen LogP contribution >= 0.6 is 34.8 Å². The Hall–Kier alpha value is -1.81. The van der Waals surface area contributed by atoms with E-state index in [-0.39, 0.29) is 37.6 Å². The summed E-state index contributed by atoms with van der Waals surface area (Å²) in [5.41, 5.74) is 1.85. The van der Waals surface area contributed by atoms with Crippen molar-refractivity contribution in [1.29, 1.82) is 5.41 Å². The lowest BCUT2D eigenvalue weighted by atomic mass is 9.84. The van der Waals surface area contributed by atoms with Crippen LogP contribution in [0.25, 0.3) is 0 Å². The number of nitrogens with zero attached hydrogens (tertiary/aromatic N) is 1. The molecule has 8 nitrogen and oxygen atoms in total. The highest BCUT2D eigenvalue weighted by atomic mass is 35.6. The highest BCUT2D eigenvalue weighted by Crippen LogP contribution is 2.29. The third kappa shape index (κ3) is 13.0. The second kappa shape index (κ2) is 16.9. The number of alkyl halides is 3. The van der Waals surface area contributed by atoms with E-state index in [1.54, 1.807) is 27.3 Å². The minimum Gasteiger partial charge on any atom is -0.497 e. The average Bonchev–Trinajstić information content (AvgIpc) is 2.83. The summed E-state index contributed by atoms with van der Waals surface area (Å²) in [6, 6.07) is 7.61. The highest BCUT2D eigenvalue weighted by Gasteiger charge is 2.31. The largest absolute Gasteiger partial charge is 0.497 e. The van der Waals surface area contributed by atoms with Gasteiger partial charge in [0.05, 0.1) is 26.9 Å². The first kappa shape index (κ1) is 33.2. The van der Waals surface area contributed by atoms with Crippen molar-refractivity contribution in [2.24, 2.45) is 11.8 Å². The molecular weight excluding hydrogens is 543 g/mol. The molecule has 0 spiro atoms. The minimum atomic E-state index is -2.02. The van der Waals surface area contributed by atoms with Gasteiger partial charge in [-0.15, -0.1) is 0 Å². The van der Waals surface area contributed by atoms with Crippen molar-refractivity contribution in [3.8, 4) is 5.75 Å². The number of benzene rings is 1. The van der Waals surface area contributed by atoms with Gasteiger partial charge in [-0.2, -0.15) is 0 Å². The number of ether oxygens (including phenoxy) is 5. The SMILES string of the molecule is C=C(C)[C@@H](COCc1ccc(OC)cc1)[C@@H](/C=C/[C@@H](COCOC)OC(=N)C(Cl)(Cl)Cl)CC(=O)N(C)C. The average molecular weight is 580 g/mol. The second-order valence-corrected chi connectivity index (χ2v) is 10.9. The maximum atomic E-state index is 12.7. The molecule has 0 saturated carbocycles. The van der Waals surface area contributed by atoms with Gasteiger partial charge in [-0.1, -0.05) is 65.2 Å². The molecule has 11 heteroatoms. The van der Waals surface area contributed by atoms with Crippen molar-refractivity contribution in [3.05, 3.63) is 54.1 Å². The Balaban J connectivity index is 3.08. The van der Waals surface area contributed by atoms with E-state index in [4.69, 9.17) is 63.9 Å². The van der Waals surface area contributed by atoms with Gasteiger partial charge < -0.3 is 28.6 Å². The van der Waals surface area contributed by atoms with Crippen molar-refractivity contribution in [1.82, 2.24) is 4.90 Å². The predicted octanol–water partition coefficient (Wildman–Crippen LogP) is 5.41. The minimum absolute atomic E-state index is 0.0188. The van der Waals surface area contributed by atoms with Crippen LogP contribution in [0.2, 0.25) is 0 Å². The van der Waals surface area contributed by atoms with E-state index in [2.05, 4.69) is 6.58 Å². The van der Waals surface area contributed by atoms with Gasteiger partial charge >= 0.3 is 0 Å². The zero-order valence-electron chi connectivity index (χ0n) is 22.0. The molecule has 0 unspecified atom stereocenters. The molecular formula is C26H37Cl3N2O6. The first-order chi connectivity index (χ1) is 17.4. The summed E-state index contributed by atoms with van der Waals surface area (Å²) in [6.07, 6.45) is 2.97. The van der Waals surface area contributed by atoms with Gasteiger partial charge in [0.2, 0.25) is 11.8 Å². The predicted molar refractivity (Wildman–Crippen MR) is 148 cm³/mol. The molecule has 0 saturated heterocycles. The molecule has 0 aliphatic carbocycles. The van der Waals surface area contributed by atoms with Gasteiger partial charge in [-0.3, -0.25) is 10.2 Å². The zero-order chi connectivity index (χ0) is 28.0. The Morgan fingerprint density at radius 3 is 2.27 bits per heavy atom. The summed E-state index contributed by atoms with van der Waals surface area (Å²) in [4.78, 5) is 14.2. The maximum Gasteiger partial charge on any atom is 0.265 e. The molecule has 0 aromatic heterocycles. The van der Waals surface area contributed by atoms with Crippen molar-refractivity contribution in [2.45, 2.75) is 29.8 Å². The van der Waals surface area contributed by atoms with Crippen LogP contribution in [0.3, 0.4) is 0 Å². The zero-order valence-corrected chi connectivity index (χ0v) is 24.2. The van der Waals surface area contributed by atoms with E-state index in [1.807, 2.05) is 37.3 Å².